The number of H-pyrrole nitrogens is 1. The van der Waals surface area contributed by atoms with Gasteiger partial charge >= 0.3 is 11.6 Å². The lowest BCUT2D eigenvalue weighted by atomic mass is 10.0. The lowest BCUT2D eigenvalue weighted by Crippen LogP contribution is -2.50. The molecule has 35 heavy (non-hydrogen) atoms. The van der Waals surface area contributed by atoms with Gasteiger partial charge in [-0.3, -0.25) is 14.6 Å². The zero-order valence-corrected chi connectivity index (χ0v) is 19.2. The normalized spacial score (nSPS) is 16.0. The first kappa shape index (κ1) is 23.1. The highest BCUT2D eigenvalue weighted by molar-refractivity contribution is 5.90. The molecule has 2 aromatic carbocycles. The minimum absolute atomic E-state index is 0.0886. The lowest BCUT2D eigenvalue weighted by molar-refractivity contribution is -0.144. The summed E-state index contributed by atoms with van der Waals surface area (Å²) in [7, 11) is 0. The highest BCUT2D eigenvalue weighted by Crippen LogP contribution is 2.30. The molecule has 0 saturated carbocycles. The number of carboxylic acids is 1. The Morgan fingerprint density at radius 3 is 2.66 bits per heavy atom. The quantitative estimate of drug-likeness (QED) is 0.286. The van der Waals surface area contributed by atoms with Gasteiger partial charge in [0.05, 0.1) is 12.3 Å². The van der Waals surface area contributed by atoms with Gasteiger partial charge in [-0.05, 0) is 29.8 Å². The summed E-state index contributed by atoms with van der Waals surface area (Å²) in [6.07, 6.45) is 1.77. The molecule has 5 rings (SSSR count). The number of para-hydroxylation sites is 1. The van der Waals surface area contributed by atoms with Crippen molar-refractivity contribution in [2.45, 2.75) is 12.6 Å². The molecular formula is C26H28N4O5. The van der Waals surface area contributed by atoms with E-state index in [-0.39, 0.29) is 12.2 Å². The highest BCUT2D eigenvalue weighted by atomic mass is 16.4. The van der Waals surface area contributed by atoms with Crippen LogP contribution in [-0.4, -0.2) is 70.2 Å². The fraction of sp³-hybridized carbons (Fsp3) is 0.308. The summed E-state index contributed by atoms with van der Waals surface area (Å²) in [5.41, 5.74) is 3.25. The first-order valence-corrected chi connectivity index (χ1v) is 11.7. The molecule has 9 heteroatoms. The molecule has 2 aromatic heterocycles. The summed E-state index contributed by atoms with van der Waals surface area (Å²) in [6.45, 7) is 4.08. The Morgan fingerprint density at radius 1 is 1.09 bits per heavy atom. The molecule has 0 amide bonds. The zero-order valence-electron chi connectivity index (χ0n) is 19.2. The van der Waals surface area contributed by atoms with Gasteiger partial charge in [-0.2, -0.15) is 0 Å². The van der Waals surface area contributed by atoms with Gasteiger partial charge in [0.2, 0.25) is 0 Å². The third-order valence-electron chi connectivity index (χ3n) is 6.65. The van der Waals surface area contributed by atoms with E-state index < -0.39 is 12.0 Å². The third kappa shape index (κ3) is 4.79. The van der Waals surface area contributed by atoms with Crippen molar-refractivity contribution in [2.24, 2.45) is 0 Å². The number of hydrogen-bond donors (Lipinski definition) is 4. The van der Waals surface area contributed by atoms with Crippen molar-refractivity contribution < 1.29 is 19.4 Å². The number of hydrogen-bond acceptors (Lipinski definition) is 7. The van der Waals surface area contributed by atoms with Gasteiger partial charge < -0.3 is 24.9 Å². The van der Waals surface area contributed by atoms with E-state index in [4.69, 9.17) is 4.42 Å². The number of carboxylic acid groups (broad SMARTS) is 1. The molecule has 9 nitrogen and oxygen atoms in total. The lowest BCUT2D eigenvalue weighted by Gasteiger charge is -2.37. The van der Waals surface area contributed by atoms with Crippen molar-refractivity contribution >= 4 is 33.5 Å². The van der Waals surface area contributed by atoms with Crippen molar-refractivity contribution in [3.8, 4) is 0 Å². The molecule has 4 N–H and O–H groups in total. The number of rotatable bonds is 8. The highest BCUT2D eigenvalue weighted by Gasteiger charge is 2.32. The minimum atomic E-state index is -0.884. The van der Waals surface area contributed by atoms with Crippen LogP contribution in [0.25, 0.3) is 21.9 Å². The SMILES string of the molecule is O=C(O)C(c1c[nH]c2ccc(CO)cc12)N1CCN(CCNc2cc(=O)oc3ccccc23)CC1. The molecule has 1 unspecified atom stereocenters. The number of piperazine rings is 1. The van der Waals surface area contributed by atoms with E-state index in [9.17, 15) is 19.8 Å². The Bertz CT molecular complexity index is 1400. The van der Waals surface area contributed by atoms with Gasteiger partial charge in [0.15, 0.2) is 0 Å². The number of aliphatic carboxylic acids is 1. The number of benzene rings is 2. The van der Waals surface area contributed by atoms with Gasteiger partial charge in [0.1, 0.15) is 11.6 Å². The Labute approximate surface area is 201 Å². The standard InChI is InChI=1S/C26H28N4O5/c31-16-17-5-6-21-19(13-17)20(15-28-21)25(26(33)34)30-11-9-29(10-12-30)8-7-27-22-14-24(32)35-23-4-2-1-3-18(22)23/h1-6,13-15,25,27-28,31H,7-12,16H2,(H,33,34). The van der Waals surface area contributed by atoms with E-state index in [1.807, 2.05) is 41.3 Å². The molecule has 0 aliphatic carbocycles. The molecule has 3 heterocycles. The van der Waals surface area contributed by atoms with E-state index in [0.717, 1.165) is 47.2 Å². The maximum Gasteiger partial charge on any atom is 0.338 e. The fourth-order valence-electron chi connectivity index (χ4n) is 4.85. The van der Waals surface area contributed by atoms with Gasteiger partial charge in [0, 0.05) is 73.4 Å². The van der Waals surface area contributed by atoms with E-state index in [1.54, 1.807) is 12.3 Å². The molecule has 1 saturated heterocycles. The number of anilines is 1. The van der Waals surface area contributed by atoms with Crippen molar-refractivity contribution in [1.82, 2.24) is 14.8 Å². The second kappa shape index (κ2) is 9.91. The van der Waals surface area contributed by atoms with E-state index in [1.165, 1.54) is 6.07 Å². The summed E-state index contributed by atoms with van der Waals surface area (Å²) in [5.74, 6) is -0.884. The van der Waals surface area contributed by atoms with Gasteiger partial charge in [0.25, 0.3) is 0 Å². The van der Waals surface area contributed by atoms with E-state index >= 15 is 0 Å². The Morgan fingerprint density at radius 2 is 1.89 bits per heavy atom. The van der Waals surface area contributed by atoms with Crippen LogP contribution in [0, 0.1) is 0 Å². The molecule has 1 atom stereocenters. The number of aromatic nitrogens is 1. The van der Waals surface area contributed by atoms with Gasteiger partial charge in [-0.15, -0.1) is 0 Å². The average molecular weight is 477 g/mol. The second-order valence-corrected chi connectivity index (χ2v) is 8.80. The topological polar surface area (TPSA) is 122 Å². The number of aromatic amines is 1. The predicted molar refractivity (Wildman–Crippen MR) is 134 cm³/mol. The summed E-state index contributed by atoms with van der Waals surface area (Å²) < 4.78 is 5.25. The Hall–Kier alpha value is -3.66. The van der Waals surface area contributed by atoms with Crippen LogP contribution in [-0.2, 0) is 11.4 Å². The molecule has 0 radical (unpaired) electrons. The summed E-state index contributed by atoms with van der Waals surface area (Å²) in [6, 6.07) is 13.7. The Balaban J connectivity index is 1.22. The number of nitrogens with zero attached hydrogens (tertiary/aromatic N) is 2. The first-order valence-electron chi connectivity index (χ1n) is 11.7. The molecule has 1 fully saturated rings. The molecule has 1 aliphatic heterocycles. The molecule has 182 valence electrons. The number of aliphatic hydroxyl groups is 1. The monoisotopic (exact) mass is 476 g/mol. The van der Waals surface area contributed by atoms with Crippen LogP contribution in [0.5, 0.6) is 0 Å². The predicted octanol–water partition coefficient (Wildman–Crippen LogP) is 2.62. The summed E-state index contributed by atoms with van der Waals surface area (Å²) in [4.78, 5) is 31.6. The number of aliphatic hydroxyl groups excluding tert-OH is 1. The Kier molecular flexibility index (Phi) is 6.54. The van der Waals surface area contributed by atoms with Gasteiger partial charge in [-0.25, -0.2) is 4.79 Å². The molecule has 0 spiro atoms. The second-order valence-electron chi connectivity index (χ2n) is 8.80. The average Bonchev–Trinajstić information content (AvgIpc) is 3.27. The van der Waals surface area contributed by atoms with Crippen LogP contribution >= 0.6 is 0 Å². The zero-order chi connectivity index (χ0) is 24.4. The third-order valence-corrected chi connectivity index (χ3v) is 6.65. The molecule has 1 aliphatic rings. The van der Waals surface area contributed by atoms with Crippen LogP contribution in [0.1, 0.15) is 17.2 Å². The van der Waals surface area contributed by atoms with Gasteiger partial charge in [-0.1, -0.05) is 18.2 Å². The van der Waals surface area contributed by atoms with Crippen molar-refractivity contribution in [2.75, 3.05) is 44.6 Å². The van der Waals surface area contributed by atoms with Crippen LogP contribution in [0.4, 0.5) is 5.69 Å². The van der Waals surface area contributed by atoms with Crippen LogP contribution in [0.3, 0.4) is 0 Å². The minimum Gasteiger partial charge on any atom is -0.480 e. The van der Waals surface area contributed by atoms with E-state index in [0.29, 0.717) is 30.8 Å². The molecular weight excluding hydrogens is 448 g/mol. The maximum atomic E-state index is 12.3. The number of fused-ring (bicyclic) bond motifs is 2. The summed E-state index contributed by atoms with van der Waals surface area (Å²) >= 11 is 0. The smallest absolute Gasteiger partial charge is 0.338 e. The van der Waals surface area contributed by atoms with Crippen LogP contribution in [0.2, 0.25) is 0 Å². The fourth-order valence-corrected chi connectivity index (χ4v) is 4.85. The summed E-state index contributed by atoms with van der Waals surface area (Å²) in [5, 5.41) is 24.6. The largest absolute Gasteiger partial charge is 0.480 e. The number of nitrogens with one attached hydrogen (secondary N) is 2. The van der Waals surface area contributed by atoms with Crippen molar-refractivity contribution in [3.05, 3.63) is 76.3 Å². The number of carbonyl (C=O) groups is 1. The van der Waals surface area contributed by atoms with Crippen molar-refractivity contribution in [1.29, 1.82) is 0 Å². The molecule has 0 bridgehead atoms. The van der Waals surface area contributed by atoms with E-state index in [2.05, 4.69) is 15.2 Å². The van der Waals surface area contributed by atoms with Crippen LogP contribution < -0.4 is 10.9 Å². The maximum absolute atomic E-state index is 12.3. The van der Waals surface area contributed by atoms with Crippen LogP contribution in [0.15, 0.2) is 63.9 Å². The molecule has 4 aromatic rings. The first-order chi connectivity index (χ1) is 17.0. The van der Waals surface area contributed by atoms with Crippen molar-refractivity contribution in [3.63, 3.8) is 0 Å².